The Morgan fingerprint density at radius 2 is 1.14 bits per heavy atom. The van der Waals surface area contributed by atoms with Gasteiger partial charge in [0.1, 0.15) is 0 Å². The van der Waals surface area contributed by atoms with Gasteiger partial charge >= 0.3 is 94.0 Å². The minimum atomic E-state index is 0.440. The molecule has 0 aliphatic carbocycles. The summed E-state index contributed by atoms with van der Waals surface area (Å²) in [6, 6.07) is 0.881. The summed E-state index contributed by atoms with van der Waals surface area (Å²) in [5.74, 6) is 0. The Balaban J connectivity index is 3.50. The second kappa shape index (κ2) is 4.08. The van der Waals surface area contributed by atoms with E-state index in [1.807, 2.05) is 0 Å². The van der Waals surface area contributed by atoms with E-state index in [1.165, 1.54) is 11.4 Å². The third-order valence-electron chi connectivity index (χ3n) is 2.64. The van der Waals surface area contributed by atoms with Crippen LogP contribution in [0.15, 0.2) is 0 Å². The molecule has 0 spiro atoms. The summed E-state index contributed by atoms with van der Waals surface area (Å²) in [6.45, 7) is 13.0. The maximum atomic E-state index is 5.64. The molecule has 0 radical (unpaired) electrons. The van der Waals surface area contributed by atoms with Crippen molar-refractivity contribution in [1.82, 2.24) is 9.13 Å². The van der Waals surface area contributed by atoms with Gasteiger partial charge in [0.25, 0.3) is 0 Å². The predicted octanol–water partition coefficient (Wildman–Crippen LogP) is 3.15. The van der Waals surface area contributed by atoms with E-state index in [0.717, 1.165) is 4.32 Å². The van der Waals surface area contributed by atoms with Crippen molar-refractivity contribution in [2.75, 3.05) is 0 Å². The number of aromatic nitrogens is 2. The third-order valence-corrected chi connectivity index (χ3v) is 3.09. The molecule has 0 atom stereocenters. The van der Waals surface area contributed by atoms with Gasteiger partial charge in [-0.25, -0.2) is 0 Å². The maximum absolute atomic E-state index is 5.64. The van der Waals surface area contributed by atoms with Gasteiger partial charge in [-0.15, -0.1) is 0 Å². The van der Waals surface area contributed by atoms with Crippen LogP contribution in [-0.2, 0) is 15.6 Å². The van der Waals surface area contributed by atoms with Crippen LogP contribution in [0.2, 0.25) is 0 Å². The molecule has 3 heteroatoms. The van der Waals surface area contributed by atoms with Crippen LogP contribution in [-0.4, -0.2) is 9.13 Å². The zero-order valence-corrected chi connectivity index (χ0v) is 10.8. The van der Waals surface area contributed by atoms with Crippen molar-refractivity contribution >= 4 is 0 Å². The van der Waals surface area contributed by atoms with Crippen molar-refractivity contribution in [3.05, 3.63) is 15.7 Å². The summed E-state index contributed by atoms with van der Waals surface area (Å²) in [6.07, 6.45) is 0. The van der Waals surface area contributed by atoms with Crippen LogP contribution in [0, 0.1) is 18.2 Å². The molecule has 0 saturated carbocycles. The number of hydrogen-bond acceptors (Lipinski definition) is 0. The van der Waals surface area contributed by atoms with Gasteiger partial charge in [0.05, 0.1) is 0 Å². The van der Waals surface area contributed by atoms with E-state index in [4.69, 9.17) is 15.6 Å². The summed E-state index contributed by atoms with van der Waals surface area (Å²) >= 11 is 5.64. The molecule has 0 N–H and O–H groups in total. The fourth-order valence-electron chi connectivity index (χ4n) is 1.88. The van der Waals surface area contributed by atoms with Crippen LogP contribution in [0.5, 0.6) is 0 Å². The van der Waals surface area contributed by atoms with Gasteiger partial charge < -0.3 is 0 Å². The molecule has 0 unspecified atom stereocenters. The van der Waals surface area contributed by atoms with Crippen molar-refractivity contribution in [2.24, 2.45) is 0 Å². The molecule has 0 aliphatic heterocycles. The first-order chi connectivity index (χ1) is 6.37. The fourth-order valence-corrected chi connectivity index (χ4v) is 2.68. The van der Waals surface area contributed by atoms with E-state index in [9.17, 15) is 0 Å². The number of hydrogen-bond donors (Lipinski definition) is 0. The average Bonchev–Trinajstić information content (AvgIpc) is 2.23. The van der Waals surface area contributed by atoms with Gasteiger partial charge in [-0.1, -0.05) is 0 Å². The molecule has 0 aliphatic rings. The van der Waals surface area contributed by atoms with Crippen LogP contribution in [0.3, 0.4) is 0 Å². The molecule has 14 heavy (non-hydrogen) atoms. The van der Waals surface area contributed by atoms with E-state index in [2.05, 4.69) is 50.7 Å². The Bertz CT molecular complexity index is 348. The Labute approximate surface area is 94.3 Å². The first kappa shape index (κ1) is 11.8. The molecule has 85 valence electrons. The molecule has 1 aromatic heterocycles. The normalized spacial score (nSPS) is 11.9. The van der Waals surface area contributed by atoms with Gasteiger partial charge in [-0.2, -0.15) is 0 Å². The van der Waals surface area contributed by atoms with Crippen molar-refractivity contribution in [1.29, 1.82) is 0 Å². The van der Waals surface area contributed by atoms with E-state index in [-0.39, 0.29) is 0 Å². The molecule has 2 nitrogen and oxygen atoms in total. The molecule has 0 amide bonds. The Hall–Kier alpha value is -0.271. The average molecular weight is 244 g/mol. The zero-order chi connectivity index (χ0) is 11.0. The summed E-state index contributed by atoms with van der Waals surface area (Å²) < 4.78 is 5.36. The van der Waals surface area contributed by atoms with Gasteiger partial charge in [-0.3, -0.25) is 0 Å². The van der Waals surface area contributed by atoms with E-state index in [1.54, 1.807) is 0 Å². The standard InChI is InChI=1S/C11H20N2.Cu/c1-8(2)12-7-13(9(3)4)11(6)10(12)5;/h8-9H,1-6H3;. The Morgan fingerprint density at radius 1 is 0.857 bits per heavy atom. The van der Waals surface area contributed by atoms with E-state index < -0.39 is 0 Å². The summed E-state index contributed by atoms with van der Waals surface area (Å²) in [5, 5.41) is 0. The monoisotopic (exact) mass is 243 g/mol. The molecule has 0 aromatic carbocycles. The van der Waals surface area contributed by atoms with Crippen molar-refractivity contribution in [3.8, 4) is 0 Å². The van der Waals surface area contributed by atoms with Gasteiger partial charge in [0.2, 0.25) is 0 Å². The summed E-state index contributed by atoms with van der Waals surface area (Å²) in [7, 11) is 0. The quantitative estimate of drug-likeness (QED) is 0.707. The number of nitrogens with zero attached hydrogens (tertiary/aromatic N) is 2. The molecule has 0 bridgehead atoms. The Kier molecular flexibility index (Phi) is 3.44. The first-order valence-corrected chi connectivity index (χ1v) is 5.59. The van der Waals surface area contributed by atoms with Crippen LogP contribution in [0.4, 0.5) is 0 Å². The van der Waals surface area contributed by atoms with Gasteiger partial charge in [0.15, 0.2) is 0 Å². The first-order valence-electron chi connectivity index (χ1n) is 5.12. The van der Waals surface area contributed by atoms with Gasteiger partial charge in [0, 0.05) is 0 Å². The molecule has 1 rings (SSSR count). The molecule has 0 fully saturated rings. The SMILES string of the molecule is Cc1c(C)n(C(C)C)[c](=[Cu])n1C(C)C. The molecule has 1 aromatic rings. The third kappa shape index (κ3) is 1.76. The second-order valence-corrected chi connectivity index (χ2v) is 4.75. The molecule has 1 heterocycles. The van der Waals surface area contributed by atoms with Crippen molar-refractivity contribution < 1.29 is 15.6 Å². The van der Waals surface area contributed by atoms with Crippen LogP contribution in [0.25, 0.3) is 0 Å². The van der Waals surface area contributed by atoms with Crippen LogP contribution < -0.4 is 0 Å². The number of imidazole rings is 1. The second-order valence-electron chi connectivity index (χ2n) is 4.33. The van der Waals surface area contributed by atoms with Crippen molar-refractivity contribution in [2.45, 2.75) is 53.6 Å². The molecular weight excluding hydrogens is 224 g/mol. The summed E-state index contributed by atoms with van der Waals surface area (Å²) in [5.41, 5.74) is 2.57. The summed E-state index contributed by atoms with van der Waals surface area (Å²) in [4.78, 5) is 0. The molecule has 0 saturated heterocycles. The number of rotatable bonds is 2. The van der Waals surface area contributed by atoms with E-state index >= 15 is 0 Å². The minimum absolute atomic E-state index is 0.440. The van der Waals surface area contributed by atoms with Crippen LogP contribution >= 0.6 is 0 Å². The van der Waals surface area contributed by atoms with E-state index in [0.29, 0.717) is 12.1 Å². The van der Waals surface area contributed by atoms with Crippen molar-refractivity contribution in [3.63, 3.8) is 0 Å². The molecular formula is C11H20CuN2. The predicted molar refractivity (Wildman–Crippen MR) is 55.9 cm³/mol. The Morgan fingerprint density at radius 3 is 1.29 bits per heavy atom. The zero-order valence-electron chi connectivity index (χ0n) is 9.85. The topological polar surface area (TPSA) is 9.86 Å². The van der Waals surface area contributed by atoms with Crippen LogP contribution in [0.1, 0.15) is 51.2 Å². The van der Waals surface area contributed by atoms with Gasteiger partial charge in [-0.05, 0) is 0 Å². The fraction of sp³-hybridized carbons (Fsp3) is 0.727.